The predicted molar refractivity (Wildman–Crippen MR) is 93.4 cm³/mol. The molecule has 0 fully saturated rings. The molecule has 0 unspecified atom stereocenters. The molecular formula is C16H24N2O4S. The first kappa shape index (κ1) is 19.2. The van der Waals surface area contributed by atoms with E-state index in [-0.39, 0.29) is 12.5 Å². The number of carbonyl (C=O) groups is 2. The number of anilines is 1. The van der Waals surface area contributed by atoms with Crippen LogP contribution in [0.5, 0.6) is 5.75 Å². The number of aliphatic carboxylic acids is 1. The van der Waals surface area contributed by atoms with Crippen LogP contribution in [0, 0.1) is 0 Å². The highest BCUT2D eigenvalue weighted by Gasteiger charge is 2.20. The molecule has 23 heavy (non-hydrogen) atoms. The van der Waals surface area contributed by atoms with Crippen LogP contribution in [0.3, 0.4) is 0 Å². The molecule has 0 heterocycles. The number of likely N-dealkylation sites (N-methyl/N-ethyl adjacent to an activating group) is 1. The van der Waals surface area contributed by atoms with Gasteiger partial charge in [0.05, 0.1) is 13.7 Å². The highest BCUT2D eigenvalue weighted by molar-refractivity contribution is 7.98. The summed E-state index contributed by atoms with van der Waals surface area (Å²) in [6, 6.07) is 6.56. The third-order valence-electron chi connectivity index (χ3n) is 3.40. The maximum atomic E-state index is 12.1. The highest BCUT2D eigenvalue weighted by atomic mass is 32.2. The molecular weight excluding hydrogens is 316 g/mol. The van der Waals surface area contributed by atoms with Gasteiger partial charge >= 0.3 is 5.97 Å². The van der Waals surface area contributed by atoms with Crippen molar-refractivity contribution in [3.8, 4) is 5.75 Å². The van der Waals surface area contributed by atoms with E-state index >= 15 is 0 Å². The van der Waals surface area contributed by atoms with Crippen LogP contribution in [0.2, 0.25) is 0 Å². The van der Waals surface area contributed by atoms with Crippen LogP contribution >= 0.6 is 11.8 Å². The van der Waals surface area contributed by atoms with Crippen molar-refractivity contribution >= 4 is 29.3 Å². The zero-order valence-corrected chi connectivity index (χ0v) is 14.6. The first-order valence-corrected chi connectivity index (χ1v) is 8.81. The summed E-state index contributed by atoms with van der Waals surface area (Å²) in [6.07, 6.45) is 2.32. The van der Waals surface area contributed by atoms with Gasteiger partial charge in [-0.15, -0.1) is 0 Å². The highest BCUT2D eigenvalue weighted by Crippen LogP contribution is 2.18. The Bertz CT molecular complexity index is 507. The molecule has 0 radical (unpaired) electrons. The monoisotopic (exact) mass is 340 g/mol. The molecule has 0 aromatic heterocycles. The third-order valence-corrected chi connectivity index (χ3v) is 4.04. The van der Waals surface area contributed by atoms with Gasteiger partial charge in [0, 0.05) is 12.2 Å². The second-order valence-electron chi connectivity index (χ2n) is 4.95. The number of nitrogens with zero attached hydrogens (tertiary/aromatic N) is 1. The van der Waals surface area contributed by atoms with E-state index in [9.17, 15) is 9.59 Å². The van der Waals surface area contributed by atoms with E-state index in [2.05, 4.69) is 5.32 Å². The average molecular weight is 340 g/mol. The molecule has 0 aliphatic rings. The molecule has 1 aromatic rings. The van der Waals surface area contributed by atoms with Crippen LogP contribution in [0.4, 0.5) is 5.69 Å². The van der Waals surface area contributed by atoms with Crippen molar-refractivity contribution in [1.29, 1.82) is 0 Å². The van der Waals surface area contributed by atoms with Gasteiger partial charge in [-0.05, 0) is 49.6 Å². The number of ether oxygens (including phenoxy) is 1. The number of amides is 1. The van der Waals surface area contributed by atoms with E-state index in [4.69, 9.17) is 9.84 Å². The zero-order chi connectivity index (χ0) is 17.2. The lowest BCUT2D eigenvalue weighted by Crippen LogP contribution is -2.46. The fraction of sp³-hybridized carbons (Fsp3) is 0.500. The summed E-state index contributed by atoms with van der Waals surface area (Å²) in [5, 5.41) is 11.8. The molecule has 6 nitrogen and oxygen atoms in total. The number of carboxylic acids is 1. The summed E-state index contributed by atoms with van der Waals surface area (Å²) in [5.74, 6) is 0.140. The molecule has 128 valence electrons. The molecule has 0 saturated carbocycles. The normalized spacial score (nSPS) is 11.6. The SMILES string of the molecule is CCN(CC(=O)N[C@@H](CCSC)C(=O)O)c1ccc(OC)cc1. The Morgan fingerprint density at radius 2 is 2.00 bits per heavy atom. The summed E-state index contributed by atoms with van der Waals surface area (Å²) in [4.78, 5) is 25.2. The summed E-state index contributed by atoms with van der Waals surface area (Å²) >= 11 is 1.56. The molecule has 1 amide bonds. The number of benzene rings is 1. The van der Waals surface area contributed by atoms with Crippen molar-refractivity contribution < 1.29 is 19.4 Å². The fourth-order valence-corrected chi connectivity index (χ4v) is 2.56. The Kier molecular flexibility index (Phi) is 8.32. The van der Waals surface area contributed by atoms with Gasteiger partial charge in [-0.1, -0.05) is 0 Å². The standard InChI is InChI=1S/C16H24N2O4S/c1-4-18(12-5-7-13(22-2)8-6-12)11-15(19)17-14(16(20)21)9-10-23-3/h5-8,14H,4,9-11H2,1-3H3,(H,17,19)(H,20,21)/t14-/m0/s1. The minimum Gasteiger partial charge on any atom is -0.497 e. The van der Waals surface area contributed by atoms with Gasteiger partial charge < -0.3 is 20.1 Å². The van der Waals surface area contributed by atoms with Crippen LogP contribution in [0.15, 0.2) is 24.3 Å². The Labute approximate surface area is 141 Å². The second kappa shape index (κ2) is 9.99. The number of carboxylic acid groups (broad SMARTS) is 1. The molecule has 1 atom stereocenters. The number of methoxy groups -OCH3 is 1. The van der Waals surface area contributed by atoms with Gasteiger partial charge in [-0.3, -0.25) is 4.79 Å². The van der Waals surface area contributed by atoms with E-state index in [0.717, 1.165) is 11.4 Å². The van der Waals surface area contributed by atoms with Gasteiger partial charge in [0.2, 0.25) is 5.91 Å². The Hall–Kier alpha value is -1.89. The van der Waals surface area contributed by atoms with Crippen LogP contribution in [-0.4, -0.2) is 55.2 Å². The van der Waals surface area contributed by atoms with Gasteiger partial charge in [0.25, 0.3) is 0 Å². The largest absolute Gasteiger partial charge is 0.497 e. The first-order valence-electron chi connectivity index (χ1n) is 7.41. The number of rotatable bonds is 10. The zero-order valence-electron chi connectivity index (χ0n) is 13.7. The van der Waals surface area contributed by atoms with E-state index in [1.54, 1.807) is 18.9 Å². The van der Waals surface area contributed by atoms with Crippen molar-refractivity contribution in [2.45, 2.75) is 19.4 Å². The number of hydrogen-bond donors (Lipinski definition) is 2. The number of hydrogen-bond acceptors (Lipinski definition) is 5. The van der Waals surface area contributed by atoms with Crippen LogP contribution in [0.25, 0.3) is 0 Å². The molecule has 0 bridgehead atoms. The average Bonchev–Trinajstić information content (AvgIpc) is 2.56. The summed E-state index contributed by atoms with van der Waals surface area (Å²) in [5.41, 5.74) is 0.888. The summed E-state index contributed by atoms with van der Waals surface area (Å²) in [6.45, 7) is 2.70. The quantitative estimate of drug-likeness (QED) is 0.677. The Morgan fingerprint density at radius 1 is 1.35 bits per heavy atom. The van der Waals surface area contributed by atoms with Gasteiger partial charge in [-0.2, -0.15) is 11.8 Å². The first-order chi connectivity index (χ1) is 11.0. The van der Waals surface area contributed by atoms with Crippen molar-refractivity contribution in [2.75, 3.05) is 37.1 Å². The van der Waals surface area contributed by atoms with Crippen LogP contribution < -0.4 is 15.0 Å². The predicted octanol–water partition coefficient (Wildman–Crippen LogP) is 1.84. The Morgan fingerprint density at radius 3 is 2.48 bits per heavy atom. The van der Waals surface area contributed by atoms with E-state index in [1.807, 2.05) is 42.3 Å². The number of carbonyl (C=O) groups excluding carboxylic acids is 1. The molecule has 2 N–H and O–H groups in total. The lowest BCUT2D eigenvalue weighted by Gasteiger charge is -2.24. The molecule has 0 aliphatic heterocycles. The topological polar surface area (TPSA) is 78.9 Å². The van der Waals surface area contributed by atoms with Crippen molar-refractivity contribution in [3.05, 3.63) is 24.3 Å². The van der Waals surface area contributed by atoms with E-state index in [0.29, 0.717) is 18.7 Å². The lowest BCUT2D eigenvalue weighted by atomic mass is 10.2. The Balaban J connectivity index is 2.65. The fourth-order valence-electron chi connectivity index (χ4n) is 2.09. The smallest absolute Gasteiger partial charge is 0.326 e. The number of nitrogens with one attached hydrogen (secondary N) is 1. The van der Waals surface area contributed by atoms with Crippen LogP contribution in [0.1, 0.15) is 13.3 Å². The maximum absolute atomic E-state index is 12.1. The molecule has 7 heteroatoms. The minimum atomic E-state index is -1.00. The molecule has 0 saturated heterocycles. The minimum absolute atomic E-state index is 0.117. The molecule has 1 rings (SSSR count). The van der Waals surface area contributed by atoms with E-state index in [1.165, 1.54) is 0 Å². The lowest BCUT2D eigenvalue weighted by molar-refractivity contribution is -0.141. The summed E-state index contributed by atoms with van der Waals surface area (Å²) < 4.78 is 5.12. The molecule has 1 aromatic carbocycles. The van der Waals surface area contributed by atoms with Crippen molar-refractivity contribution in [3.63, 3.8) is 0 Å². The van der Waals surface area contributed by atoms with E-state index < -0.39 is 12.0 Å². The maximum Gasteiger partial charge on any atom is 0.326 e. The second-order valence-corrected chi connectivity index (χ2v) is 5.94. The summed E-state index contributed by atoms with van der Waals surface area (Å²) in [7, 11) is 1.60. The molecule has 0 spiro atoms. The molecule has 0 aliphatic carbocycles. The van der Waals surface area contributed by atoms with Crippen molar-refractivity contribution in [2.24, 2.45) is 0 Å². The third kappa shape index (κ3) is 6.40. The number of thioether (sulfide) groups is 1. The van der Waals surface area contributed by atoms with Gasteiger partial charge in [0.1, 0.15) is 11.8 Å². The van der Waals surface area contributed by atoms with Gasteiger partial charge in [-0.25, -0.2) is 4.79 Å². The van der Waals surface area contributed by atoms with Gasteiger partial charge in [0.15, 0.2) is 0 Å². The van der Waals surface area contributed by atoms with Crippen molar-refractivity contribution in [1.82, 2.24) is 5.32 Å². The van der Waals surface area contributed by atoms with Crippen LogP contribution in [-0.2, 0) is 9.59 Å².